The van der Waals surface area contributed by atoms with E-state index in [0.717, 1.165) is 0 Å². The first-order valence-electron chi connectivity index (χ1n) is 6.01. The van der Waals surface area contributed by atoms with Crippen molar-refractivity contribution in [2.45, 2.75) is 55.9 Å². The maximum atomic E-state index is 14.0. The van der Waals surface area contributed by atoms with Gasteiger partial charge in [-0.1, -0.05) is 15.9 Å². The van der Waals surface area contributed by atoms with Crippen molar-refractivity contribution < 1.29 is 18.3 Å². The molecule has 0 saturated heterocycles. The molecule has 3 saturated carbocycles. The molecule has 0 atom stereocenters. The van der Waals surface area contributed by atoms with E-state index >= 15 is 0 Å². The van der Waals surface area contributed by atoms with Gasteiger partial charge in [-0.2, -0.15) is 0 Å². The summed E-state index contributed by atoms with van der Waals surface area (Å²) >= 11 is 3.43. The van der Waals surface area contributed by atoms with Gasteiger partial charge in [0.1, 0.15) is 5.60 Å². The normalized spacial score (nSPS) is 34.3. The second-order valence-electron chi connectivity index (χ2n) is 6.52. The fraction of sp³-hybridized carbons (Fsp3) is 0.917. The third-order valence-electron chi connectivity index (χ3n) is 3.60. The lowest BCUT2D eigenvalue weighted by Crippen LogP contribution is -2.72. The summed E-state index contributed by atoms with van der Waals surface area (Å²) in [5, 5.41) is 2.16. The maximum absolute atomic E-state index is 14.0. The molecule has 18 heavy (non-hydrogen) atoms. The summed E-state index contributed by atoms with van der Waals surface area (Å²) < 4.78 is 32.8. The average Bonchev–Trinajstić information content (AvgIpc) is 2.05. The summed E-state index contributed by atoms with van der Waals surface area (Å²) in [6.45, 7) is 4.44. The lowest BCUT2D eigenvalue weighted by molar-refractivity contribution is -0.242. The predicted molar refractivity (Wildman–Crippen MR) is 67.1 cm³/mol. The van der Waals surface area contributed by atoms with Crippen molar-refractivity contribution in [3.8, 4) is 0 Å². The van der Waals surface area contributed by atoms with Crippen LogP contribution in [0.4, 0.5) is 13.6 Å². The fourth-order valence-electron chi connectivity index (χ4n) is 2.74. The van der Waals surface area contributed by atoms with Crippen LogP contribution in [0.2, 0.25) is 0 Å². The third-order valence-corrected chi connectivity index (χ3v) is 4.44. The lowest BCUT2D eigenvalue weighted by atomic mass is 9.42. The van der Waals surface area contributed by atoms with E-state index in [1.165, 1.54) is 0 Å². The maximum Gasteiger partial charge on any atom is 0.407 e. The van der Waals surface area contributed by atoms with Crippen LogP contribution in [-0.4, -0.2) is 28.5 Å². The Morgan fingerprint density at radius 2 is 1.83 bits per heavy atom. The first kappa shape index (κ1) is 14.0. The van der Waals surface area contributed by atoms with Gasteiger partial charge in [0, 0.05) is 9.74 Å². The van der Waals surface area contributed by atoms with Gasteiger partial charge in [0.25, 0.3) is 5.92 Å². The number of hydrogen-bond donors (Lipinski definition) is 1. The van der Waals surface area contributed by atoms with Gasteiger partial charge in [-0.15, -0.1) is 0 Å². The zero-order valence-corrected chi connectivity index (χ0v) is 12.4. The van der Waals surface area contributed by atoms with Crippen molar-refractivity contribution in [1.29, 1.82) is 0 Å². The number of carbonyl (C=O) groups is 1. The predicted octanol–water partition coefficient (Wildman–Crippen LogP) is 3.46. The fourth-order valence-corrected chi connectivity index (χ4v) is 4.35. The number of halogens is 3. The standard InChI is InChI=1S/C12H18BrF2NO2/c1-9(2,3)18-8(17)16-7-12(14,15)10-4-11(13,5-10)6-10/h4-7H2,1-3H3,(H,16,17). The van der Waals surface area contributed by atoms with E-state index in [4.69, 9.17) is 4.74 Å². The highest BCUT2D eigenvalue weighted by Gasteiger charge is 2.76. The number of hydrogen-bond acceptors (Lipinski definition) is 2. The molecule has 0 aromatic heterocycles. The summed E-state index contributed by atoms with van der Waals surface area (Å²) in [5.41, 5.74) is -1.58. The van der Waals surface area contributed by atoms with Crippen molar-refractivity contribution in [2.24, 2.45) is 5.41 Å². The van der Waals surface area contributed by atoms with Gasteiger partial charge in [-0.25, -0.2) is 13.6 Å². The summed E-state index contributed by atoms with van der Waals surface area (Å²) in [7, 11) is 0. The molecule has 0 unspecified atom stereocenters. The van der Waals surface area contributed by atoms with E-state index in [2.05, 4.69) is 21.2 Å². The SMILES string of the molecule is CC(C)(C)OC(=O)NCC(F)(F)C12CC(Br)(C1)C2. The Labute approximate surface area is 114 Å². The second-order valence-corrected chi connectivity index (χ2v) is 8.20. The lowest BCUT2D eigenvalue weighted by Gasteiger charge is -2.70. The molecule has 104 valence electrons. The van der Waals surface area contributed by atoms with Crippen LogP contribution in [0.5, 0.6) is 0 Å². The highest BCUT2D eigenvalue weighted by molar-refractivity contribution is 9.10. The molecule has 3 nitrogen and oxygen atoms in total. The zero-order chi connectivity index (χ0) is 13.8. The number of alkyl halides is 3. The van der Waals surface area contributed by atoms with Crippen molar-refractivity contribution >= 4 is 22.0 Å². The molecule has 1 N–H and O–H groups in total. The molecule has 3 rings (SSSR count). The molecule has 3 aliphatic carbocycles. The van der Waals surface area contributed by atoms with E-state index in [-0.39, 0.29) is 4.32 Å². The highest BCUT2D eigenvalue weighted by atomic mass is 79.9. The zero-order valence-electron chi connectivity index (χ0n) is 10.8. The van der Waals surface area contributed by atoms with E-state index < -0.39 is 29.6 Å². The average molecular weight is 326 g/mol. The minimum absolute atomic E-state index is 0.0532. The van der Waals surface area contributed by atoms with Gasteiger partial charge >= 0.3 is 6.09 Å². The second kappa shape index (κ2) is 3.81. The summed E-state index contributed by atoms with van der Waals surface area (Å²) in [6, 6.07) is 0. The summed E-state index contributed by atoms with van der Waals surface area (Å²) in [5.74, 6) is -2.86. The number of nitrogens with one attached hydrogen (secondary N) is 1. The quantitative estimate of drug-likeness (QED) is 0.807. The number of amides is 1. The van der Waals surface area contributed by atoms with Crippen LogP contribution in [0.3, 0.4) is 0 Å². The molecule has 1 amide bonds. The molecule has 0 aromatic rings. The molecule has 3 aliphatic rings. The van der Waals surface area contributed by atoms with Crippen LogP contribution in [-0.2, 0) is 4.74 Å². The van der Waals surface area contributed by atoms with E-state index in [0.29, 0.717) is 19.3 Å². The van der Waals surface area contributed by atoms with E-state index in [9.17, 15) is 13.6 Å². The van der Waals surface area contributed by atoms with Gasteiger partial charge in [0.2, 0.25) is 0 Å². The smallest absolute Gasteiger partial charge is 0.407 e. The van der Waals surface area contributed by atoms with Crippen LogP contribution in [0.25, 0.3) is 0 Å². The topological polar surface area (TPSA) is 38.3 Å². The van der Waals surface area contributed by atoms with Crippen LogP contribution in [0.15, 0.2) is 0 Å². The van der Waals surface area contributed by atoms with Crippen molar-refractivity contribution in [3.63, 3.8) is 0 Å². The molecule has 0 heterocycles. The largest absolute Gasteiger partial charge is 0.444 e. The van der Waals surface area contributed by atoms with Crippen LogP contribution in [0, 0.1) is 5.41 Å². The Balaban J connectivity index is 1.81. The number of alkyl carbamates (subject to hydrolysis) is 1. The molecule has 0 aromatic carbocycles. The Kier molecular flexibility index (Phi) is 2.97. The molecule has 2 bridgehead atoms. The van der Waals surface area contributed by atoms with E-state index in [1.807, 2.05) is 0 Å². The van der Waals surface area contributed by atoms with Crippen molar-refractivity contribution in [2.75, 3.05) is 6.54 Å². The molecule has 6 heteroatoms. The Bertz CT molecular complexity index is 359. The van der Waals surface area contributed by atoms with Crippen molar-refractivity contribution in [1.82, 2.24) is 5.32 Å². The monoisotopic (exact) mass is 325 g/mol. The minimum Gasteiger partial charge on any atom is -0.444 e. The highest BCUT2D eigenvalue weighted by Crippen LogP contribution is 2.76. The Morgan fingerprint density at radius 1 is 1.33 bits per heavy atom. The van der Waals surface area contributed by atoms with Gasteiger partial charge in [-0.3, -0.25) is 0 Å². The third kappa shape index (κ3) is 2.36. The first-order chi connectivity index (χ1) is 7.97. The molecular weight excluding hydrogens is 308 g/mol. The van der Waals surface area contributed by atoms with Gasteiger partial charge in [-0.05, 0) is 40.0 Å². The summed E-state index contributed by atoms with van der Waals surface area (Å²) in [6.07, 6.45) is 0.678. The number of carbonyl (C=O) groups excluding carboxylic acids is 1. The number of rotatable bonds is 3. The van der Waals surface area contributed by atoms with Crippen LogP contribution in [0.1, 0.15) is 40.0 Å². The van der Waals surface area contributed by atoms with Crippen LogP contribution < -0.4 is 5.32 Å². The molecule has 3 fully saturated rings. The van der Waals surface area contributed by atoms with Gasteiger partial charge < -0.3 is 10.1 Å². The Hall–Kier alpha value is -0.390. The van der Waals surface area contributed by atoms with E-state index in [1.54, 1.807) is 20.8 Å². The summed E-state index contributed by atoms with van der Waals surface area (Å²) in [4.78, 5) is 11.3. The minimum atomic E-state index is -2.86. The molecular formula is C12H18BrF2NO2. The number of ether oxygens (including phenoxy) is 1. The molecule has 0 spiro atoms. The van der Waals surface area contributed by atoms with Crippen molar-refractivity contribution in [3.05, 3.63) is 0 Å². The van der Waals surface area contributed by atoms with Gasteiger partial charge in [0.15, 0.2) is 0 Å². The van der Waals surface area contributed by atoms with Crippen LogP contribution >= 0.6 is 15.9 Å². The Morgan fingerprint density at radius 3 is 2.22 bits per heavy atom. The first-order valence-corrected chi connectivity index (χ1v) is 6.80. The molecule has 0 radical (unpaired) electrons. The van der Waals surface area contributed by atoms with Gasteiger partial charge in [0.05, 0.1) is 6.54 Å². The molecule has 0 aliphatic heterocycles.